The fourth-order valence-corrected chi connectivity index (χ4v) is 2.69. The van der Waals surface area contributed by atoms with E-state index in [1.54, 1.807) is 6.21 Å². The van der Waals surface area contributed by atoms with Crippen molar-refractivity contribution in [2.45, 2.75) is 44.1 Å². The molecule has 4 nitrogen and oxygen atoms in total. The Morgan fingerprint density at radius 2 is 1.86 bits per heavy atom. The van der Waals surface area contributed by atoms with E-state index in [-0.39, 0.29) is 4.75 Å². The van der Waals surface area contributed by atoms with Gasteiger partial charge in [-0.05, 0) is 27.2 Å². The van der Waals surface area contributed by atoms with Gasteiger partial charge in [-0.2, -0.15) is 4.40 Å². The highest BCUT2D eigenvalue weighted by atomic mass is 32.2. The number of hydrogen-bond acceptors (Lipinski definition) is 3. The zero-order valence-corrected chi connectivity index (χ0v) is 13.7. The Morgan fingerprint density at radius 3 is 2.43 bits per heavy atom. The van der Waals surface area contributed by atoms with E-state index < -0.39 is 16.8 Å². The number of benzene rings is 1. The molecule has 0 spiro atoms. The zero-order valence-electron chi connectivity index (χ0n) is 12.9. The summed E-state index contributed by atoms with van der Waals surface area (Å²) in [5, 5.41) is 0. The molecule has 0 aliphatic carbocycles. The van der Waals surface area contributed by atoms with Gasteiger partial charge in [0.2, 0.25) is 0 Å². The molecule has 2 rings (SSSR count). The second-order valence-electron chi connectivity index (χ2n) is 6.00. The van der Waals surface area contributed by atoms with Crippen LogP contribution in [-0.2, 0) is 26.2 Å². The summed E-state index contributed by atoms with van der Waals surface area (Å²) in [7, 11) is -1.21. The normalized spacial score (nSPS) is 20.0. The van der Waals surface area contributed by atoms with Gasteiger partial charge >= 0.3 is 0 Å². The van der Waals surface area contributed by atoms with Crippen LogP contribution in [0.2, 0.25) is 0 Å². The van der Waals surface area contributed by atoms with Crippen LogP contribution in [-0.4, -0.2) is 28.4 Å². The smallest absolute Gasteiger partial charge is 0.195 e. The Hall–Kier alpha value is -1.04. The summed E-state index contributed by atoms with van der Waals surface area (Å²) in [6.45, 7) is 6.93. The standard InChI is InChI=1S/C16H23NO3S/c1-15(2,3)21(18)17-11-7-10-16(19-12-13-20-16)14-8-5-4-6-9-14/h4-6,8-9,11H,7,10,12-13H2,1-3H3/t21-/m1/s1. The number of rotatable bonds is 5. The summed E-state index contributed by atoms with van der Waals surface area (Å²) in [5.41, 5.74) is 1.02. The lowest BCUT2D eigenvalue weighted by Crippen LogP contribution is -2.27. The van der Waals surface area contributed by atoms with Gasteiger partial charge in [0, 0.05) is 18.2 Å². The fraction of sp³-hybridized carbons (Fsp3) is 0.562. The van der Waals surface area contributed by atoms with Crippen LogP contribution < -0.4 is 0 Å². The Morgan fingerprint density at radius 1 is 1.24 bits per heavy atom. The molecule has 1 aromatic rings. The molecular weight excluding hydrogens is 286 g/mol. The van der Waals surface area contributed by atoms with Crippen molar-refractivity contribution in [1.82, 2.24) is 0 Å². The Balaban J connectivity index is 1.99. The van der Waals surface area contributed by atoms with Gasteiger partial charge in [-0.15, -0.1) is 0 Å². The zero-order chi connectivity index (χ0) is 15.3. The van der Waals surface area contributed by atoms with Crippen molar-refractivity contribution >= 4 is 17.2 Å². The predicted molar refractivity (Wildman–Crippen MR) is 85.6 cm³/mol. The molecule has 0 bridgehead atoms. The molecule has 0 amide bonds. The van der Waals surface area contributed by atoms with Crippen LogP contribution in [0.25, 0.3) is 0 Å². The molecule has 1 aromatic carbocycles. The minimum Gasteiger partial charge on any atom is -0.343 e. The number of ether oxygens (including phenoxy) is 2. The molecule has 1 heterocycles. The summed E-state index contributed by atoms with van der Waals surface area (Å²) in [4.78, 5) is 0. The topological polar surface area (TPSA) is 47.9 Å². The first-order valence-corrected chi connectivity index (χ1v) is 8.33. The highest BCUT2D eigenvalue weighted by Crippen LogP contribution is 2.35. The number of nitrogens with zero attached hydrogens (tertiary/aromatic N) is 1. The average Bonchev–Trinajstić information content (AvgIpc) is 2.93. The maximum absolute atomic E-state index is 11.9. The summed E-state index contributed by atoms with van der Waals surface area (Å²) in [5.74, 6) is -0.684. The molecule has 116 valence electrons. The predicted octanol–water partition coefficient (Wildman–Crippen LogP) is 3.20. The second kappa shape index (κ2) is 6.81. The van der Waals surface area contributed by atoms with E-state index in [0.29, 0.717) is 26.1 Å². The van der Waals surface area contributed by atoms with Crippen molar-refractivity contribution in [3.05, 3.63) is 35.9 Å². The Labute approximate surface area is 129 Å². The summed E-state index contributed by atoms with van der Waals surface area (Å²) in [6, 6.07) is 9.95. The van der Waals surface area contributed by atoms with Crippen molar-refractivity contribution in [2.75, 3.05) is 13.2 Å². The lowest BCUT2D eigenvalue weighted by atomic mass is 10.0. The third-order valence-electron chi connectivity index (χ3n) is 3.26. The van der Waals surface area contributed by atoms with Gasteiger partial charge in [-0.3, -0.25) is 0 Å². The molecule has 1 saturated heterocycles. The second-order valence-corrected chi connectivity index (χ2v) is 7.94. The van der Waals surface area contributed by atoms with E-state index >= 15 is 0 Å². The van der Waals surface area contributed by atoms with Gasteiger partial charge in [0.1, 0.15) is 11.0 Å². The van der Waals surface area contributed by atoms with E-state index in [9.17, 15) is 4.21 Å². The lowest BCUT2D eigenvalue weighted by molar-refractivity contribution is -0.169. The lowest BCUT2D eigenvalue weighted by Gasteiger charge is -2.27. The van der Waals surface area contributed by atoms with E-state index in [4.69, 9.17) is 9.47 Å². The van der Waals surface area contributed by atoms with E-state index in [1.165, 1.54) is 0 Å². The van der Waals surface area contributed by atoms with Gasteiger partial charge in [-0.1, -0.05) is 30.3 Å². The third kappa shape index (κ3) is 4.22. The van der Waals surface area contributed by atoms with Crippen LogP contribution in [0.1, 0.15) is 39.2 Å². The molecular formula is C16H23NO3S. The largest absolute Gasteiger partial charge is 0.343 e. The molecule has 0 saturated carbocycles. The molecule has 21 heavy (non-hydrogen) atoms. The van der Waals surface area contributed by atoms with Crippen molar-refractivity contribution in [3.8, 4) is 0 Å². The Kier molecular flexibility index (Phi) is 5.30. The van der Waals surface area contributed by atoms with Gasteiger partial charge in [-0.25, -0.2) is 4.21 Å². The van der Waals surface area contributed by atoms with Crippen LogP contribution >= 0.6 is 0 Å². The van der Waals surface area contributed by atoms with Crippen LogP contribution in [0.3, 0.4) is 0 Å². The molecule has 0 N–H and O–H groups in total. The van der Waals surface area contributed by atoms with E-state index in [0.717, 1.165) is 5.56 Å². The molecule has 0 radical (unpaired) electrons. The molecule has 1 aliphatic heterocycles. The van der Waals surface area contributed by atoms with Crippen LogP contribution in [0.4, 0.5) is 0 Å². The van der Waals surface area contributed by atoms with Crippen LogP contribution in [0, 0.1) is 0 Å². The minimum absolute atomic E-state index is 0.325. The minimum atomic E-state index is -1.21. The molecule has 0 unspecified atom stereocenters. The number of hydrogen-bond donors (Lipinski definition) is 0. The maximum Gasteiger partial charge on any atom is 0.195 e. The average molecular weight is 309 g/mol. The maximum atomic E-state index is 11.9. The fourth-order valence-electron chi connectivity index (χ4n) is 2.14. The van der Waals surface area contributed by atoms with Crippen LogP contribution in [0.15, 0.2) is 34.7 Å². The van der Waals surface area contributed by atoms with Gasteiger partial charge in [0.05, 0.1) is 18.0 Å². The van der Waals surface area contributed by atoms with Gasteiger partial charge in [0.25, 0.3) is 0 Å². The van der Waals surface area contributed by atoms with E-state index in [2.05, 4.69) is 4.40 Å². The Bertz CT molecular complexity index is 502. The molecule has 0 aromatic heterocycles. The van der Waals surface area contributed by atoms with Crippen molar-refractivity contribution in [1.29, 1.82) is 0 Å². The van der Waals surface area contributed by atoms with Crippen molar-refractivity contribution < 1.29 is 13.7 Å². The van der Waals surface area contributed by atoms with Crippen molar-refractivity contribution in [2.24, 2.45) is 4.40 Å². The first kappa shape index (κ1) is 16.3. The molecule has 1 atom stereocenters. The SMILES string of the molecule is CC(C)(C)[S@@](=O)N=CCCC1(c2ccccc2)OCCO1. The summed E-state index contributed by atoms with van der Waals surface area (Å²) >= 11 is 0. The summed E-state index contributed by atoms with van der Waals surface area (Å²) in [6.07, 6.45) is 3.05. The molecule has 5 heteroatoms. The van der Waals surface area contributed by atoms with Gasteiger partial charge in [0.15, 0.2) is 5.79 Å². The third-order valence-corrected chi connectivity index (χ3v) is 4.65. The van der Waals surface area contributed by atoms with E-state index in [1.807, 2.05) is 51.1 Å². The highest BCUT2D eigenvalue weighted by Gasteiger charge is 2.37. The quantitative estimate of drug-likeness (QED) is 0.785. The summed E-state index contributed by atoms with van der Waals surface area (Å²) < 4.78 is 27.3. The first-order chi connectivity index (χ1) is 9.94. The van der Waals surface area contributed by atoms with Crippen LogP contribution in [0.5, 0.6) is 0 Å². The molecule has 1 aliphatic rings. The first-order valence-electron chi connectivity index (χ1n) is 7.22. The van der Waals surface area contributed by atoms with Gasteiger partial charge < -0.3 is 9.47 Å². The highest BCUT2D eigenvalue weighted by molar-refractivity contribution is 7.85. The monoisotopic (exact) mass is 309 g/mol. The van der Waals surface area contributed by atoms with Crippen molar-refractivity contribution in [3.63, 3.8) is 0 Å². The molecule has 1 fully saturated rings.